The second-order valence-electron chi connectivity index (χ2n) is 7.18. The maximum Gasteiger partial charge on any atom is 0.267 e. The van der Waals surface area contributed by atoms with Gasteiger partial charge in [-0.05, 0) is 49.9 Å². The number of carbonyl (C=O) groups excluding carboxylic acids is 1. The van der Waals surface area contributed by atoms with Gasteiger partial charge in [0.1, 0.15) is 5.82 Å². The van der Waals surface area contributed by atoms with E-state index in [0.717, 1.165) is 19.0 Å². The van der Waals surface area contributed by atoms with Gasteiger partial charge in [-0.25, -0.2) is 10.5 Å². The average molecular weight is 452 g/mol. The minimum absolute atomic E-state index is 0. The Morgan fingerprint density at radius 3 is 2.64 bits per heavy atom. The molecule has 1 aromatic heterocycles. The molecule has 0 radical (unpaired) electrons. The Balaban J connectivity index is 0.00000196. The van der Waals surface area contributed by atoms with Crippen molar-refractivity contribution in [2.45, 2.75) is 57.0 Å². The van der Waals surface area contributed by atoms with Crippen LogP contribution in [0.1, 0.15) is 50.5 Å². The Hall–Kier alpha value is -1.05. The lowest BCUT2D eigenvalue weighted by Crippen LogP contribution is -2.47. The van der Waals surface area contributed by atoms with E-state index in [9.17, 15) is 4.79 Å². The van der Waals surface area contributed by atoms with Crippen LogP contribution >= 0.6 is 36.4 Å². The highest BCUT2D eigenvalue weighted by Gasteiger charge is 2.27. The summed E-state index contributed by atoms with van der Waals surface area (Å²) in [6.45, 7) is 2.24. The molecule has 1 atom stereocenters. The van der Waals surface area contributed by atoms with E-state index in [0.29, 0.717) is 22.4 Å². The highest BCUT2D eigenvalue weighted by molar-refractivity contribution is 6.33. The third-order valence-electron chi connectivity index (χ3n) is 5.28. The van der Waals surface area contributed by atoms with Crippen molar-refractivity contribution < 1.29 is 10.0 Å². The van der Waals surface area contributed by atoms with Crippen LogP contribution in [0.5, 0.6) is 0 Å². The SMILES string of the molecule is Cl.Cl.O=C(/C=C/c1cnc(N[C@@H]2CCCN(C3CCCCC3)C2)c(Cl)c1)NO. The van der Waals surface area contributed by atoms with Crippen LogP contribution in [-0.2, 0) is 4.79 Å². The number of anilines is 1. The molecule has 2 heterocycles. The number of piperidine rings is 1. The van der Waals surface area contributed by atoms with Crippen LogP contribution in [0.25, 0.3) is 6.08 Å². The van der Waals surface area contributed by atoms with Gasteiger partial charge in [0.2, 0.25) is 0 Å². The summed E-state index contributed by atoms with van der Waals surface area (Å²) in [6, 6.07) is 2.86. The number of aromatic nitrogens is 1. The van der Waals surface area contributed by atoms with E-state index >= 15 is 0 Å². The summed E-state index contributed by atoms with van der Waals surface area (Å²) in [5.41, 5.74) is 2.26. The zero-order valence-electron chi connectivity index (χ0n) is 15.8. The number of nitrogens with one attached hydrogen (secondary N) is 2. The van der Waals surface area contributed by atoms with Crippen molar-refractivity contribution in [2.75, 3.05) is 18.4 Å². The standard InChI is InChI=1S/C19H27ClN4O2.2ClH/c20-17-11-14(8-9-18(25)23-26)12-21-19(17)22-15-5-4-10-24(13-15)16-6-2-1-3-7-16;;/h8-9,11-12,15-16,26H,1-7,10,13H2,(H,21,22)(H,23,25);2*1H/b9-8+;;/t15-;;/m1../s1. The van der Waals surface area contributed by atoms with E-state index in [1.165, 1.54) is 51.1 Å². The lowest BCUT2D eigenvalue weighted by atomic mass is 9.92. The molecule has 0 aromatic carbocycles. The van der Waals surface area contributed by atoms with E-state index in [1.807, 2.05) is 0 Å². The molecule has 1 saturated carbocycles. The van der Waals surface area contributed by atoms with Crippen molar-refractivity contribution in [1.29, 1.82) is 0 Å². The first kappa shape index (κ1) is 25.0. The molecule has 0 bridgehead atoms. The van der Waals surface area contributed by atoms with Crippen LogP contribution in [0.2, 0.25) is 5.02 Å². The van der Waals surface area contributed by atoms with Gasteiger partial charge in [-0.2, -0.15) is 0 Å². The highest BCUT2D eigenvalue weighted by Crippen LogP contribution is 2.27. The fourth-order valence-corrected chi connectivity index (χ4v) is 4.18. The van der Waals surface area contributed by atoms with Crippen molar-refractivity contribution >= 4 is 54.2 Å². The molecule has 1 aromatic rings. The van der Waals surface area contributed by atoms with Crippen LogP contribution in [0.3, 0.4) is 0 Å². The Labute approximate surface area is 183 Å². The lowest BCUT2D eigenvalue weighted by Gasteiger charge is -2.40. The smallest absolute Gasteiger partial charge is 0.267 e. The monoisotopic (exact) mass is 450 g/mol. The second kappa shape index (κ2) is 12.5. The van der Waals surface area contributed by atoms with E-state index in [2.05, 4.69) is 15.2 Å². The maximum absolute atomic E-state index is 11.0. The summed E-state index contributed by atoms with van der Waals surface area (Å²) in [7, 11) is 0. The van der Waals surface area contributed by atoms with E-state index in [1.54, 1.807) is 23.8 Å². The zero-order chi connectivity index (χ0) is 18.4. The summed E-state index contributed by atoms with van der Waals surface area (Å²) >= 11 is 6.36. The van der Waals surface area contributed by atoms with Crippen LogP contribution in [0.15, 0.2) is 18.3 Å². The number of nitrogens with zero attached hydrogens (tertiary/aromatic N) is 2. The number of hydroxylamine groups is 1. The van der Waals surface area contributed by atoms with Crippen molar-refractivity contribution in [3.8, 4) is 0 Å². The molecule has 3 rings (SSSR count). The number of carbonyl (C=O) groups is 1. The Kier molecular flexibility index (Phi) is 11.2. The molecule has 9 heteroatoms. The first-order valence-electron chi connectivity index (χ1n) is 9.44. The summed E-state index contributed by atoms with van der Waals surface area (Å²) < 4.78 is 0. The maximum atomic E-state index is 11.0. The molecule has 6 nitrogen and oxygen atoms in total. The minimum Gasteiger partial charge on any atom is -0.365 e. The fraction of sp³-hybridized carbons (Fsp3) is 0.579. The van der Waals surface area contributed by atoms with Gasteiger partial charge in [-0.3, -0.25) is 14.9 Å². The molecule has 28 heavy (non-hydrogen) atoms. The number of amides is 1. The molecule has 1 amide bonds. The molecule has 1 aliphatic carbocycles. The molecule has 3 N–H and O–H groups in total. The predicted octanol–water partition coefficient (Wildman–Crippen LogP) is 4.31. The van der Waals surface area contributed by atoms with Crippen molar-refractivity contribution in [1.82, 2.24) is 15.4 Å². The van der Waals surface area contributed by atoms with Gasteiger partial charge in [0.15, 0.2) is 0 Å². The summed E-state index contributed by atoms with van der Waals surface area (Å²) in [5.74, 6) is 0.0965. The largest absolute Gasteiger partial charge is 0.365 e. The number of rotatable bonds is 5. The second-order valence-corrected chi connectivity index (χ2v) is 7.59. The molecule has 1 aliphatic heterocycles. The van der Waals surface area contributed by atoms with Gasteiger partial charge in [-0.15, -0.1) is 24.8 Å². The Morgan fingerprint density at radius 1 is 1.21 bits per heavy atom. The van der Waals surface area contributed by atoms with Gasteiger partial charge in [0, 0.05) is 30.9 Å². The zero-order valence-corrected chi connectivity index (χ0v) is 18.2. The van der Waals surface area contributed by atoms with Crippen LogP contribution in [-0.4, -0.2) is 46.2 Å². The number of likely N-dealkylation sites (tertiary alicyclic amines) is 1. The molecule has 2 fully saturated rings. The average Bonchev–Trinajstić information content (AvgIpc) is 2.69. The predicted molar refractivity (Wildman–Crippen MR) is 118 cm³/mol. The van der Waals surface area contributed by atoms with Gasteiger partial charge >= 0.3 is 0 Å². The molecule has 1 saturated heterocycles. The van der Waals surface area contributed by atoms with Gasteiger partial charge in [-0.1, -0.05) is 30.9 Å². The van der Waals surface area contributed by atoms with Crippen molar-refractivity contribution in [3.63, 3.8) is 0 Å². The number of halogens is 3. The third kappa shape index (κ3) is 7.08. The number of hydrogen-bond donors (Lipinski definition) is 3. The first-order valence-corrected chi connectivity index (χ1v) is 9.82. The Morgan fingerprint density at radius 2 is 1.96 bits per heavy atom. The molecule has 2 aliphatic rings. The quantitative estimate of drug-likeness (QED) is 0.353. The van der Waals surface area contributed by atoms with E-state index < -0.39 is 5.91 Å². The normalized spacial score (nSPS) is 20.9. The molecular weight excluding hydrogens is 423 g/mol. The Bertz CT molecular complexity index is 654. The van der Waals surface area contributed by atoms with Crippen LogP contribution < -0.4 is 10.8 Å². The summed E-state index contributed by atoms with van der Waals surface area (Å²) in [4.78, 5) is 18.1. The summed E-state index contributed by atoms with van der Waals surface area (Å²) in [6.07, 6.45) is 13.5. The summed E-state index contributed by atoms with van der Waals surface area (Å²) in [5, 5.41) is 12.5. The number of hydrogen-bond acceptors (Lipinski definition) is 5. The topological polar surface area (TPSA) is 77.5 Å². The molecule has 158 valence electrons. The highest BCUT2D eigenvalue weighted by atomic mass is 35.5. The van der Waals surface area contributed by atoms with Gasteiger partial charge < -0.3 is 5.32 Å². The van der Waals surface area contributed by atoms with Crippen molar-refractivity contribution in [3.05, 3.63) is 28.9 Å². The number of pyridine rings is 1. The van der Waals surface area contributed by atoms with E-state index in [4.69, 9.17) is 16.8 Å². The van der Waals surface area contributed by atoms with Gasteiger partial charge in [0.05, 0.1) is 5.02 Å². The van der Waals surface area contributed by atoms with Crippen LogP contribution in [0.4, 0.5) is 5.82 Å². The first-order chi connectivity index (χ1) is 12.7. The van der Waals surface area contributed by atoms with E-state index in [-0.39, 0.29) is 24.8 Å². The lowest BCUT2D eigenvalue weighted by molar-refractivity contribution is -0.124. The van der Waals surface area contributed by atoms with Gasteiger partial charge in [0.25, 0.3) is 5.91 Å². The molecule has 0 unspecified atom stereocenters. The van der Waals surface area contributed by atoms with Crippen molar-refractivity contribution in [2.24, 2.45) is 0 Å². The molecular formula is C19H29Cl3N4O2. The minimum atomic E-state index is -0.590. The third-order valence-corrected chi connectivity index (χ3v) is 5.57. The van der Waals surface area contributed by atoms with Crippen LogP contribution in [0, 0.1) is 0 Å². The fourth-order valence-electron chi connectivity index (χ4n) is 3.95. The molecule has 0 spiro atoms.